The van der Waals surface area contributed by atoms with Crippen molar-refractivity contribution in [2.75, 3.05) is 10.0 Å². The molecule has 0 bridgehead atoms. The molecule has 0 unspecified atom stereocenters. The minimum absolute atomic E-state index is 0.127. The maximum atomic E-state index is 14.9. The van der Waals surface area contributed by atoms with Crippen LogP contribution in [0.15, 0.2) is 84.1 Å². The van der Waals surface area contributed by atoms with Gasteiger partial charge in [-0.15, -0.1) is 0 Å². The number of halogens is 1. The summed E-state index contributed by atoms with van der Waals surface area (Å²) in [6.07, 6.45) is 11.0. The molecular formula is C27H26FN5OS. The van der Waals surface area contributed by atoms with Gasteiger partial charge in [0.15, 0.2) is 11.6 Å². The lowest BCUT2D eigenvalue weighted by Gasteiger charge is -2.22. The summed E-state index contributed by atoms with van der Waals surface area (Å²) in [7, 11) is 0. The smallest absolute Gasteiger partial charge is 0.223 e. The van der Waals surface area contributed by atoms with Crippen molar-refractivity contribution < 1.29 is 9.13 Å². The van der Waals surface area contributed by atoms with Gasteiger partial charge in [0.25, 0.3) is 0 Å². The highest BCUT2D eigenvalue weighted by atomic mass is 32.2. The highest BCUT2D eigenvalue weighted by Gasteiger charge is 2.16. The third kappa shape index (κ3) is 6.08. The van der Waals surface area contributed by atoms with Gasteiger partial charge in [-0.05, 0) is 61.2 Å². The molecule has 2 aromatic carbocycles. The summed E-state index contributed by atoms with van der Waals surface area (Å²) >= 11 is 1.42. The van der Waals surface area contributed by atoms with Gasteiger partial charge in [0.1, 0.15) is 5.75 Å². The normalized spacial score (nSPS) is 13.9. The minimum Gasteiger partial charge on any atom is -0.453 e. The molecule has 0 radical (unpaired) electrons. The van der Waals surface area contributed by atoms with Gasteiger partial charge >= 0.3 is 0 Å². The van der Waals surface area contributed by atoms with Crippen LogP contribution >= 0.6 is 11.9 Å². The molecule has 5 rings (SSSR count). The van der Waals surface area contributed by atoms with Crippen LogP contribution in [-0.2, 0) is 0 Å². The lowest BCUT2D eigenvalue weighted by molar-refractivity contribution is 0.443. The molecule has 0 aliphatic heterocycles. The number of nitrogens with zero attached hydrogens (tertiary/aromatic N) is 3. The fourth-order valence-electron chi connectivity index (χ4n) is 4.04. The van der Waals surface area contributed by atoms with Gasteiger partial charge in [-0.3, -0.25) is 4.98 Å². The van der Waals surface area contributed by atoms with E-state index in [1.807, 2.05) is 30.3 Å². The molecule has 0 atom stereocenters. The monoisotopic (exact) mass is 487 g/mol. The van der Waals surface area contributed by atoms with E-state index >= 15 is 0 Å². The van der Waals surface area contributed by atoms with Crippen molar-refractivity contribution >= 4 is 23.6 Å². The van der Waals surface area contributed by atoms with Crippen molar-refractivity contribution in [1.29, 1.82) is 0 Å². The lowest BCUT2D eigenvalue weighted by atomic mass is 9.96. The third-order valence-electron chi connectivity index (χ3n) is 5.83. The number of hydrogen-bond donors (Lipinski definition) is 2. The SMILES string of the molecule is Fc1cc(NSc2ccccc2)ccc1Oc1ccncc1-c1ccnc(NC2CCCCC2)n1. The van der Waals surface area contributed by atoms with E-state index in [-0.39, 0.29) is 5.75 Å². The van der Waals surface area contributed by atoms with Crippen molar-refractivity contribution in [1.82, 2.24) is 15.0 Å². The van der Waals surface area contributed by atoms with E-state index in [4.69, 9.17) is 4.74 Å². The van der Waals surface area contributed by atoms with E-state index in [1.54, 1.807) is 42.9 Å². The molecule has 8 heteroatoms. The van der Waals surface area contributed by atoms with Gasteiger partial charge in [0, 0.05) is 41.3 Å². The molecule has 2 heterocycles. The number of aromatic nitrogens is 3. The van der Waals surface area contributed by atoms with Crippen molar-refractivity contribution in [2.24, 2.45) is 0 Å². The molecule has 1 aliphatic rings. The molecule has 0 saturated heterocycles. The van der Waals surface area contributed by atoms with Crippen LogP contribution < -0.4 is 14.8 Å². The van der Waals surface area contributed by atoms with E-state index in [2.05, 4.69) is 25.0 Å². The second-order valence-corrected chi connectivity index (χ2v) is 9.26. The topological polar surface area (TPSA) is 72.0 Å². The third-order valence-corrected chi connectivity index (χ3v) is 6.68. The zero-order valence-corrected chi connectivity index (χ0v) is 20.0. The molecule has 6 nitrogen and oxygen atoms in total. The van der Waals surface area contributed by atoms with Gasteiger partial charge in [-0.2, -0.15) is 0 Å². The zero-order valence-electron chi connectivity index (χ0n) is 19.2. The van der Waals surface area contributed by atoms with Crippen LogP contribution in [0.3, 0.4) is 0 Å². The summed E-state index contributed by atoms with van der Waals surface area (Å²) in [4.78, 5) is 14.3. The summed E-state index contributed by atoms with van der Waals surface area (Å²) in [5.41, 5.74) is 1.98. The first-order valence-electron chi connectivity index (χ1n) is 11.7. The fraction of sp³-hybridized carbons (Fsp3) is 0.222. The number of hydrogen-bond acceptors (Lipinski definition) is 7. The van der Waals surface area contributed by atoms with E-state index in [0.29, 0.717) is 34.7 Å². The minimum atomic E-state index is -0.464. The predicted octanol–water partition coefficient (Wildman–Crippen LogP) is 7.33. The van der Waals surface area contributed by atoms with E-state index in [0.717, 1.165) is 17.7 Å². The van der Waals surface area contributed by atoms with Gasteiger partial charge in [-0.1, -0.05) is 37.5 Å². The molecule has 178 valence electrons. The molecule has 0 spiro atoms. The van der Waals surface area contributed by atoms with Crippen molar-refractivity contribution in [3.8, 4) is 22.8 Å². The van der Waals surface area contributed by atoms with Crippen LogP contribution in [0.4, 0.5) is 16.0 Å². The fourth-order valence-corrected chi connectivity index (χ4v) is 4.70. The standard InChI is InChI=1S/C27H26FN5OS/c28-23-17-20(33-35-21-9-5-2-6-10-21)11-12-26(23)34-25-14-15-29-18-22(25)24-13-16-30-27(32-24)31-19-7-3-1-4-8-19/h2,5-6,9-19,33H,1,3-4,7-8H2,(H,30,31,32). The first-order valence-corrected chi connectivity index (χ1v) is 12.6. The van der Waals surface area contributed by atoms with Crippen molar-refractivity contribution in [3.63, 3.8) is 0 Å². The van der Waals surface area contributed by atoms with Crippen LogP contribution in [0, 0.1) is 5.82 Å². The molecule has 2 N–H and O–H groups in total. The van der Waals surface area contributed by atoms with E-state index in [9.17, 15) is 4.39 Å². The highest BCUT2D eigenvalue weighted by Crippen LogP contribution is 2.34. The van der Waals surface area contributed by atoms with Gasteiger partial charge in [0.2, 0.25) is 5.95 Å². The van der Waals surface area contributed by atoms with E-state index < -0.39 is 5.82 Å². The Morgan fingerprint density at radius 3 is 2.60 bits per heavy atom. The van der Waals surface area contributed by atoms with Crippen LogP contribution in [0.5, 0.6) is 11.5 Å². The summed E-state index contributed by atoms with van der Waals surface area (Å²) in [6, 6.07) is 18.6. The average molecular weight is 488 g/mol. The van der Waals surface area contributed by atoms with Crippen LogP contribution in [-0.4, -0.2) is 21.0 Å². The molecule has 4 aromatic rings. The van der Waals surface area contributed by atoms with Crippen LogP contribution in [0.1, 0.15) is 32.1 Å². The van der Waals surface area contributed by atoms with Crippen molar-refractivity contribution in [3.05, 3.63) is 85.1 Å². The Balaban J connectivity index is 1.31. The molecule has 35 heavy (non-hydrogen) atoms. The number of anilines is 2. The molecule has 1 fully saturated rings. The number of benzene rings is 2. The Hall–Kier alpha value is -3.65. The Kier molecular flexibility index (Phi) is 7.38. The Morgan fingerprint density at radius 2 is 1.77 bits per heavy atom. The maximum Gasteiger partial charge on any atom is 0.223 e. The molecule has 1 saturated carbocycles. The first-order chi connectivity index (χ1) is 17.2. The Bertz CT molecular complexity index is 1270. The predicted molar refractivity (Wildman–Crippen MR) is 138 cm³/mol. The number of ether oxygens (including phenoxy) is 1. The summed E-state index contributed by atoms with van der Waals surface area (Å²) in [6.45, 7) is 0. The number of pyridine rings is 1. The second kappa shape index (κ2) is 11.2. The van der Waals surface area contributed by atoms with Crippen LogP contribution in [0.25, 0.3) is 11.3 Å². The molecule has 1 aliphatic carbocycles. The number of nitrogens with one attached hydrogen (secondary N) is 2. The highest BCUT2D eigenvalue weighted by molar-refractivity contribution is 8.00. The second-order valence-electron chi connectivity index (χ2n) is 8.38. The Morgan fingerprint density at radius 1 is 0.914 bits per heavy atom. The average Bonchev–Trinajstić information content (AvgIpc) is 2.90. The zero-order chi connectivity index (χ0) is 23.9. The van der Waals surface area contributed by atoms with Gasteiger partial charge < -0.3 is 14.8 Å². The Labute approximate surface area is 208 Å². The molecule has 0 amide bonds. The quantitative estimate of drug-likeness (QED) is 0.252. The number of rotatable bonds is 8. The first kappa shape index (κ1) is 23.1. The summed E-state index contributed by atoms with van der Waals surface area (Å²) in [5.74, 6) is 0.721. The largest absolute Gasteiger partial charge is 0.453 e. The molecular weight excluding hydrogens is 461 g/mol. The summed E-state index contributed by atoms with van der Waals surface area (Å²) < 4.78 is 24.0. The summed E-state index contributed by atoms with van der Waals surface area (Å²) in [5, 5.41) is 3.45. The maximum absolute atomic E-state index is 14.9. The van der Waals surface area contributed by atoms with Crippen molar-refractivity contribution in [2.45, 2.75) is 43.0 Å². The molecule has 2 aromatic heterocycles. The lowest BCUT2D eigenvalue weighted by Crippen LogP contribution is -2.23. The van der Waals surface area contributed by atoms with Crippen LogP contribution in [0.2, 0.25) is 0 Å². The van der Waals surface area contributed by atoms with Gasteiger partial charge in [0.05, 0.1) is 11.3 Å². The van der Waals surface area contributed by atoms with E-state index in [1.165, 1.54) is 37.3 Å². The van der Waals surface area contributed by atoms with Gasteiger partial charge in [-0.25, -0.2) is 14.4 Å².